The van der Waals surface area contributed by atoms with Gasteiger partial charge in [-0.25, -0.2) is 4.98 Å². The van der Waals surface area contributed by atoms with E-state index in [1.807, 2.05) is 6.07 Å². The number of alkyl halides is 1. The Morgan fingerprint density at radius 3 is 2.91 bits per heavy atom. The lowest BCUT2D eigenvalue weighted by atomic mass is 10.2. The molecule has 60 valence electrons. The van der Waals surface area contributed by atoms with Gasteiger partial charge in [0.15, 0.2) is 0 Å². The molecule has 0 radical (unpaired) electrons. The minimum Gasteiger partial charge on any atom is -0.397 e. The van der Waals surface area contributed by atoms with E-state index in [1.165, 1.54) is 0 Å². The zero-order valence-electron chi connectivity index (χ0n) is 5.85. The fourth-order valence-corrected chi connectivity index (χ4v) is 1.60. The first kappa shape index (κ1) is 9.00. The number of pyridine rings is 1. The van der Waals surface area contributed by atoms with E-state index in [-0.39, 0.29) is 0 Å². The number of halogens is 2. The third-order valence-electron chi connectivity index (χ3n) is 1.35. The van der Waals surface area contributed by atoms with Crippen LogP contribution in [0.2, 0.25) is 0 Å². The van der Waals surface area contributed by atoms with Crippen LogP contribution in [0, 0.1) is 0 Å². The van der Waals surface area contributed by atoms with Crippen LogP contribution in [0.1, 0.15) is 5.56 Å². The van der Waals surface area contributed by atoms with E-state index in [2.05, 4.69) is 36.8 Å². The normalized spacial score (nSPS) is 10.0. The average Bonchev–Trinajstić information content (AvgIpc) is 1.98. The summed E-state index contributed by atoms with van der Waals surface area (Å²) in [4.78, 5) is 4.00. The third-order valence-corrected chi connectivity index (χ3v) is 2.19. The largest absolute Gasteiger partial charge is 0.397 e. The number of aryl methyl sites for hydroxylation is 1. The van der Waals surface area contributed by atoms with Crippen molar-refractivity contribution in [2.45, 2.75) is 6.42 Å². The number of aromatic nitrogens is 1. The van der Waals surface area contributed by atoms with Crippen molar-refractivity contribution in [2.24, 2.45) is 0 Å². The molecule has 11 heavy (non-hydrogen) atoms. The number of nitrogen functional groups attached to an aromatic ring is 1. The molecule has 0 saturated heterocycles. The second-order valence-electron chi connectivity index (χ2n) is 2.14. The van der Waals surface area contributed by atoms with Crippen LogP contribution >= 0.6 is 31.9 Å². The summed E-state index contributed by atoms with van der Waals surface area (Å²) in [6.07, 6.45) is 2.61. The van der Waals surface area contributed by atoms with E-state index < -0.39 is 0 Å². The van der Waals surface area contributed by atoms with Crippen LogP contribution < -0.4 is 5.73 Å². The van der Waals surface area contributed by atoms with E-state index in [9.17, 15) is 0 Å². The van der Waals surface area contributed by atoms with E-state index in [0.717, 1.165) is 27.6 Å². The number of hydrogen-bond donors (Lipinski definition) is 1. The standard InChI is InChI=1S/C7H8Br2N2/c8-2-1-5-3-7(9)11-4-6(5)10/h3-4H,1-2,10H2. The predicted molar refractivity (Wildman–Crippen MR) is 53.8 cm³/mol. The second-order valence-corrected chi connectivity index (χ2v) is 3.75. The minimum absolute atomic E-state index is 0.757. The van der Waals surface area contributed by atoms with Crippen LogP contribution in [0.25, 0.3) is 0 Å². The molecular weight excluding hydrogens is 272 g/mol. The summed E-state index contributed by atoms with van der Waals surface area (Å²) in [6.45, 7) is 0. The zero-order chi connectivity index (χ0) is 8.27. The molecule has 2 N–H and O–H groups in total. The van der Waals surface area contributed by atoms with Gasteiger partial charge in [0, 0.05) is 5.33 Å². The fraction of sp³-hybridized carbons (Fsp3) is 0.286. The Balaban J connectivity index is 2.93. The molecule has 0 spiro atoms. The van der Waals surface area contributed by atoms with Crippen LogP contribution in [-0.2, 0) is 6.42 Å². The first-order valence-corrected chi connectivity index (χ1v) is 5.11. The Morgan fingerprint density at radius 2 is 2.27 bits per heavy atom. The van der Waals surface area contributed by atoms with Gasteiger partial charge >= 0.3 is 0 Å². The highest BCUT2D eigenvalue weighted by Crippen LogP contribution is 2.16. The van der Waals surface area contributed by atoms with Gasteiger partial charge in [-0.1, -0.05) is 15.9 Å². The number of anilines is 1. The van der Waals surface area contributed by atoms with Gasteiger partial charge in [0.25, 0.3) is 0 Å². The molecule has 1 rings (SSSR count). The Morgan fingerprint density at radius 1 is 1.55 bits per heavy atom. The molecule has 1 aromatic heterocycles. The molecule has 0 amide bonds. The summed E-state index contributed by atoms with van der Waals surface area (Å²) in [5.74, 6) is 0. The van der Waals surface area contributed by atoms with Gasteiger partial charge < -0.3 is 5.73 Å². The van der Waals surface area contributed by atoms with E-state index >= 15 is 0 Å². The molecule has 0 aliphatic rings. The zero-order valence-corrected chi connectivity index (χ0v) is 9.02. The van der Waals surface area contributed by atoms with E-state index in [0.29, 0.717) is 0 Å². The maximum Gasteiger partial charge on any atom is 0.106 e. The van der Waals surface area contributed by atoms with Gasteiger partial charge in [-0.3, -0.25) is 0 Å². The number of rotatable bonds is 2. The van der Waals surface area contributed by atoms with Gasteiger partial charge in [-0.2, -0.15) is 0 Å². The third kappa shape index (κ3) is 2.45. The Hall–Kier alpha value is -0.0900. The highest BCUT2D eigenvalue weighted by molar-refractivity contribution is 9.10. The SMILES string of the molecule is Nc1cnc(Br)cc1CCBr. The van der Waals surface area contributed by atoms with Crippen molar-refractivity contribution in [2.75, 3.05) is 11.1 Å². The summed E-state index contributed by atoms with van der Waals surface area (Å²) in [5.41, 5.74) is 7.56. The first-order chi connectivity index (χ1) is 5.24. The molecule has 0 aliphatic carbocycles. The smallest absolute Gasteiger partial charge is 0.106 e. The van der Waals surface area contributed by atoms with Crippen LogP contribution in [0.5, 0.6) is 0 Å². The molecule has 0 bridgehead atoms. The molecule has 0 saturated carbocycles. The van der Waals surface area contributed by atoms with Crippen molar-refractivity contribution in [3.8, 4) is 0 Å². The van der Waals surface area contributed by atoms with Gasteiger partial charge in [0.05, 0.1) is 11.9 Å². The van der Waals surface area contributed by atoms with Crippen LogP contribution in [0.15, 0.2) is 16.9 Å². The van der Waals surface area contributed by atoms with Gasteiger partial charge in [-0.05, 0) is 34.0 Å². The number of nitrogens with zero attached hydrogens (tertiary/aromatic N) is 1. The maximum absolute atomic E-state index is 5.67. The fourth-order valence-electron chi connectivity index (χ4n) is 0.797. The minimum atomic E-state index is 0.757. The van der Waals surface area contributed by atoms with Crippen LogP contribution in [0.3, 0.4) is 0 Å². The molecule has 0 aliphatic heterocycles. The topological polar surface area (TPSA) is 38.9 Å². The molecular formula is C7H8Br2N2. The van der Waals surface area contributed by atoms with E-state index in [1.54, 1.807) is 6.20 Å². The van der Waals surface area contributed by atoms with Crippen molar-refractivity contribution in [1.82, 2.24) is 4.98 Å². The van der Waals surface area contributed by atoms with Crippen molar-refractivity contribution in [3.05, 3.63) is 22.4 Å². The predicted octanol–water partition coefficient (Wildman–Crippen LogP) is 2.36. The molecule has 2 nitrogen and oxygen atoms in total. The number of nitrogens with two attached hydrogens (primary N) is 1. The van der Waals surface area contributed by atoms with Crippen molar-refractivity contribution in [3.63, 3.8) is 0 Å². The highest BCUT2D eigenvalue weighted by atomic mass is 79.9. The quantitative estimate of drug-likeness (QED) is 0.667. The van der Waals surface area contributed by atoms with Crippen LogP contribution in [0.4, 0.5) is 5.69 Å². The summed E-state index contributed by atoms with van der Waals surface area (Å²) in [7, 11) is 0. The maximum atomic E-state index is 5.67. The lowest BCUT2D eigenvalue weighted by Crippen LogP contribution is -1.96. The van der Waals surface area contributed by atoms with Gasteiger partial charge in [0.1, 0.15) is 4.60 Å². The molecule has 4 heteroatoms. The molecule has 0 atom stereocenters. The molecule has 1 heterocycles. The molecule has 0 aromatic carbocycles. The summed E-state index contributed by atoms with van der Waals surface area (Å²) in [5, 5.41) is 0.924. The van der Waals surface area contributed by atoms with Crippen LogP contribution in [-0.4, -0.2) is 10.3 Å². The Kier molecular flexibility index (Phi) is 3.33. The van der Waals surface area contributed by atoms with Gasteiger partial charge in [-0.15, -0.1) is 0 Å². The monoisotopic (exact) mass is 278 g/mol. The molecule has 0 fully saturated rings. The highest BCUT2D eigenvalue weighted by Gasteiger charge is 1.98. The number of hydrogen-bond acceptors (Lipinski definition) is 2. The average molecular weight is 280 g/mol. The second kappa shape index (κ2) is 4.07. The summed E-state index contributed by atoms with van der Waals surface area (Å²) in [6, 6.07) is 1.94. The molecule has 0 unspecified atom stereocenters. The lowest BCUT2D eigenvalue weighted by Gasteiger charge is -2.02. The van der Waals surface area contributed by atoms with Gasteiger partial charge in [0.2, 0.25) is 0 Å². The summed E-state index contributed by atoms with van der Waals surface area (Å²) >= 11 is 6.64. The Bertz CT molecular complexity index is 250. The molecule has 1 aromatic rings. The Labute approximate surface area is 82.5 Å². The van der Waals surface area contributed by atoms with Crippen molar-refractivity contribution >= 4 is 37.5 Å². The summed E-state index contributed by atoms with van der Waals surface area (Å²) < 4.78 is 0.836. The van der Waals surface area contributed by atoms with Crippen molar-refractivity contribution < 1.29 is 0 Å². The van der Waals surface area contributed by atoms with Crippen molar-refractivity contribution in [1.29, 1.82) is 0 Å². The lowest BCUT2D eigenvalue weighted by molar-refractivity contribution is 1.13. The van der Waals surface area contributed by atoms with E-state index in [4.69, 9.17) is 5.73 Å². The first-order valence-electron chi connectivity index (χ1n) is 3.20.